The van der Waals surface area contributed by atoms with Gasteiger partial charge in [0.25, 0.3) is 0 Å². The summed E-state index contributed by atoms with van der Waals surface area (Å²) in [5.41, 5.74) is 0. The molecule has 1 aliphatic carbocycles. The van der Waals surface area contributed by atoms with Gasteiger partial charge in [-0.3, -0.25) is 9.59 Å². The van der Waals surface area contributed by atoms with Crippen LogP contribution in [0.1, 0.15) is 26.7 Å². The van der Waals surface area contributed by atoms with Gasteiger partial charge in [-0.25, -0.2) is 0 Å². The van der Waals surface area contributed by atoms with Crippen molar-refractivity contribution in [2.75, 3.05) is 6.54 Å². The van der Waals surface area contributed by atoms with E-state index in [1.54, 1.807) is 12.2 Å². The van der Waals surface area contributed by atoms with Gasteiger partial charge in [0, 0.05) is 25.1 Å². The largest absolute Gasteiger partial charge is 0.348 e. The first-order valence-corrected chi connectivity index (χ1v) is 6.51. The zero-order valence-electron chi connectivity index (χ0n) is 10.9. The minimum atomic E-state index is -0.128. The lowest BCUT2D eigenvalue weighted by Crippen LogP contribution is -2.37. The van der Waals surface area contributed by atoms with E-state index < -0.39 is 0 Å². The van der Waals surface area contributed by atoms with Gasteiger partial charge in [-0.2, -0.15) is 0 Å². The summed E-state index contributed by atoms with van der Waals surface area (Å²) in [5.74, 6) is 0.668. The molecule has 4 heteroatoms. The maximum Gasteiger partial charge on any atom is 0.244 e. The summed E-state index contributed by atoms with van der Waals surface area (Å²) >= 11 is 0. The van der Waals surface area contributed by atoms with E-state index in [2.05, 4.69) is 12.2 Å². The number of hydrogen-bond acceptors (Lipinski definition) is 2. The van der Waals surface area contributed by atoms with Crippen molar-refractivity contribution in [3.05, 3.63) is 24.3 Å². The Bertz CT molecular complexity index is 401. The van der Waals surface area contributed by atoms with E-state index >= 15 is 0 Å². The van der Waals surface area contributed by atoms with Gasteiger partial charge in [-0.05, 0) is 19.3 Å². The zero-order chi connectivity index (χ0) is 13.1. The summed E-state index contributed by atoms with van der Waals surface area (Å²) in [6.45, 7) is 4.72. The average molecular weight is 248 g/mol. The van der Waals surface area contributed by atoms with E-state index in [9.17, 15) is 9.59 Å². The van der Waals surface area contributed by atoms with E-state index in [4.69, 9.17) is 0 Å². The Morgan fingerprint density at radius 2 is 2.17 bits per heavy atom. The second kappa shape index (κ2) is 5.38. The molecule has 2 amide bonds. The minimum Gasteiger partial charge on any atom is -0.348 e. The van der Waals surface area contributed by atoms with Crippen molar-refractivity contribution in [2.24, 2.45) is 5.92 Å². The Kier molecular flexibility index (Phi) is 3.84. The maximum atomic E-state index is 11.8. The molecule has 0 unspecified atom stereocenters. The third-order valence-corrected chi connectivity index (χ3v) is 3.52. The Labute approximate surface area is 108 Å². The first kappa shape index (κ1) is 12.9. The lowest BCUT2D eigenvalue weighted by Gasteiger charge is -2.16. The van der Waals surface area contributed by atoms with Crippen LogP contribution in [-0.4, -0.2) is 35.3 Å². The van der Waals surface area contributed by atoms with Crippen LogP contribution in [0.5, 0.6) is 0 Å². The van der Waals surface area contributed by atoms with E-state index in [0.717, 1.165) is 6.42 Å². The Balaban J connectivity index is 1.81. The average Bonchev–Trinajstić information content (AvgIpc) is 2.91. The van der Waals surface area contributed by atoms with Crippen LogP contribution in [0.2, 0.25) is 0 Å². The first-order chi connectivity index (χ1) is 8.61. The topological polar surface area (TPSA) is 49.4 Å². The molecular formula is C14H20N2O2. The normalized spacial score (nSPS) is 31.6. The van der Waals surface area contributed by atoms with Gasteiger partial charge in [-0.1, -0.05) is 25.2 Å². The third-order valence-electron chi connectivity index (χ3n) is 3.52. The molecule has 18 heavy (non-hydrogen) atoms. The highest BCUT2D eigenvalue weighted by Gasteiger charge is 2.44. The predicted octanol–water partition coefficient (Wildman–Crippen LogP) is 1.24. The molecule has 2 fully saturated rings. The van der Waals surface area contributed by atoms with Crippen molar-refractivity contribution in [1.82, 2.24) is 10.2 Å². The Morgan fingerprint density at radius 3 is 2.78 bits per heavy atom. The molecule has 0 spiro atoms. The second-order valence-corrected chi connectivity index (χ2v) is 5.12. The van der Waals surface area contributed by atoms with Crippen LogP contribution < -0.4 is 5.32 Å². The molecule has 0 radical (unpaired) electrons. The smallest absolute Gasteiger partial charge is 0.244 e. The number of carbonyl (C=O) groups excluding carboxylic acids is 2. The zero-order valence-corrected chi connectivity index (χ0v) is 10.9. The highest BCUT2D eigenvalue weighted by Crippen LogP contribution is 2.37. The van der Waals surface area contributed by atoms with Crippen LogP contribution in [0.15, 0.2) is 24.3 Å². The standard InChI is InChI=1S/C14H20N2O2/c1-3-4-5-6-13(17)15-11-8-14(18)16(9-11)12-7-10(12)2/h3-6,10-12H,7-9H2,1-2H3,(H,15,17)/b4-3+,6-5+/t10-,11+,12-/m0/s1. The molecule has 1 heterocycles. The van der Waals surface area contributed by atoms with Gasteiger partial charge >= 0.3 is 0 Å². The van der Waals surface area contributed by atoms with Crippen LogP contribution in [-0.2, 0) is 9.59 Å². The van der Waals surface area contributed by atoms with Crippen LogP contribution >= 0.6 is 0 Å². The highest BCUT2D eigenvalue weighted by atomic mass is 16.2. The van der Waals surface area contributed by atoms with E-state index in [0.29, 0.717) is 24.9 Å². The number of likely N-dealkylation sites (tertiary alicyclic amines) is 1. The fourth-order valence-corrected chi connectivity index (χ4v) is 2.39. The lowest BCUT2D eigenvalue weighted by molar-refractivity contribution is -0.128. The number of hydrogen-bond donors (Lipinski definition) is 1. The number of amides is 2. The summed E-state index contributed by atoms with van der Waals surface area (Å²) < 4.78 is 0. The summed E-state index contributed by atoms with van der Waals surface area (Å²) in [7, 11) is 0. The van der Waals surface area contributed by atoms with Crippen molar-refractivity contribution < 1.29 is 9.59 Å². The van der Waals surface area contributed by atoms with Gasteiger partial charge in [0.2, 0.25) is 11.8 Å². The van der Waals surface area contributed by atoms with E-state index in [1.165, 1.54) is 6.08 Å². The van der Waals surface area contributed by atoms with Crippen LogP contribution in [0.25, 0.3) is 0 Å². The fraction of sp³-hybridized carbons (Fsp3) is 0.571. The number of nitrogens with zero attached hydrogens (tertiary/aromatic N) is 1. The molecular weight excluding hydrogens is 228 g/mol. The molecule has 1 saturated heterocycles. The van der Waals surface area contributed by atoms with Crippen LogP contribution in [0, 0.1) is 5.92 Å². The monoisotopic (exact) mass is 248 g/mol. The van der Waals surface area contributed by atoms with E-state index in [1.807, 2.05) is 17.9 Å². The van der Waals surface area contributed by atoms with Gasteiger partial charge in [0.15, 0.2) is 0 Å². The minimum absolute atomic E-state index is 0.0342. The van der Waals surface area contributed by atoms with Crippen LogP contribution in [0.3, 0.4) is 0 Å². The van der Waals surface area contributed by atoms with Gasteiger partial charge in [0.1, 0.15) is 0 Å². The summed E-state index contributed by atoms with van der Waals surface area (Å²) in [6.07, 6.45) is 8.40. The van der Waals surface area contributed by atoms with Crippen molar-refractivity contribution in [3.8, 4) is 0 Å². The Hall–Kier alpha value is -1.58. The van der Waals surface area contributed by atoms with Gasteiger partial charge < -0.3 is 10.2 Å². The molecule has 2 aliphatic rings. The maximum absolute atomic E-state index is 11.8. The second-order valence-electron chi connectivity index (χ2n) is 5.12. The number of rotatable bonds is 4. The first-order valence-electron chi connectivity index (χ1n) is 6.51. The van der Waals surface area contributed by atoms with Gasteiger partial charge in [-0.15, -0.1) is 0 Å². The van der Waals surface area contributed by atoms with Crippen molar-refractivity contribution >= 4 is 11.8 Å². The fourth-order valence-electron chi connectivity index (χ4n) is 2.39. The summed E-state index contributed by atoms with van der Waals surface area (Å²) in [5, 5.41) is 2.87. The molecule has 0 aromatic carbocycles. The molecule has 3 atom stereocenters. The summed E-state index contributed by atoms with van der Waals surface area (Å²) in [4.78, 5) is 25.3. The quantitative estimate of drug-likeness (QED) is 0.601. The lowest BCUT2D eigenvalue weighted by atomic mass is 10.2. The van der Waals surface area contributed by atoms with Crippen molar-refractivity contribution in [2.45, 2.75) is 38.8 Å². The Morgan fingerprint density at radius 1 is 1.44 bits per heavy atom. The highest BCUT2D eigenvalue weighted by molar-refractivity contribution is 5.89. The molecule has 0 aromatic heterocycles. The number of nitrogens with one attached hydrogen (secondary N) is 1. The predicted molar refractivity (Wildman–Crippen MR) is 69.8 cm³/mol. The van der Waals surface area contributed by atoms with Crippen molar-refractivity contribution in [3.63, 3.8) is 0 Å². The summed E-state index contributed by atoms with van der Waals surface area (Å²) in [6, 6.07) is 0.381. The van der Waals surface area contributed by atoms with Crippen LogP contribution in [0.4, 0.5) is 0 Å². The molecule has 0 aromatic rings. The molecule has 1 aliphatic heterocycles. The molecule has 1 N–H and O–H groups in total. The molecule has 2 rings (SSSR count). The SMILES string of the molecule is C/C=C/C=C/C(=O)N[C@@H]1CC(=O)N([C@H]2C[C@@H]2C)C1. The molecule has 0 bridgehead atoms. The number of allylic oxidation sites excluding steroid dienone is 3. The molecule has 1 saturated carbocycles. The van der Waals surface area contributed by atoms with Crippen molar-refractivity contribution in [1.29, 1.82) is 0 Å². The number of carbonyl (C=O) groups is 2. The van der Waals surface area contributed by atoms with E-state index in [-0.39, 0.29) is 17.9 Å². The molecule has 98 valence electrons. The molecule has 4 nitrogen and oxygen atoms in total. The third kappa shape index (κ3) is 3.00. The van der Waals surface area contributed by atoms with Gasteiger partial charge in [0.05, 0.1) is 6.04 Å².